The largest absolute Gasteiger partial charge is 0.484 e. The Bertz CT molecular complexity index is 617. The zero-order chi connectivity index (χ0) is 14.5. The molecule has 0 saturated heterocycles. The highest BCUT2D eigenvalue weighted by Gasteiger charge is 2.07. The molecular formula is C14H15N3O3. The molecule has 6 heteroatoms. The van der Waals surface area contributed by atoms with E-state index in [-0.39, 0.29) is 12.5 Å². The maximum atomic E-state index is 11.7. The molecule has 1 N–H and O–H groups in total. The average molecular weight is 273 g/mol. The van der Waals surface area contributed by atoms with Crippen molar-refractivity contribution in [3.63, 3.8) is 0 Å². The van der Waals surface area contributed by atoms with Gasteiger partial charge in [0.1, 0.15) is 17.9 Å². The molecule has 0 aliphatic heterocycles. The first kappa shape index (κ1) is 13.8. The number of aromatic nitrogens is 2. The number of aldehydes is 1. The van der Waals surface area contributed by atoms with E-state index in [4.69, 9.17) is 4.74 Å². The van der Waals surface area contributed by atoms with Gasteiger partial charge in [-0.1, -0.05) is 0 Å². The van der Waals surface area contributed by atoms with Gasteiger partial charge in [0.25, 0.3) is 5.91 Å². The van der Waals surface area contributed by atoms with Crippen LogP contribution in [0.15, 0.2) is 30.3 Å². The molecule has 2 rings (SSSR count). The van der Waals surface area contributed by atoms with E-state index >= 15 is 0 Å². The van der Waals surface area contributed by atoms with Gasteiger partial charge in [0.15, 0.2) is 6.61 Å². The van der Waals surface area contributed by atoms with Crippen LogP contribution < -0.4 is 10.1 Å². The molecule has 0 aliphatic carbocycles. The Morgan fingerprint density at radius 1 is 1.40 bits per heavy atom. The predicted molar refractivity (Wildman–Crippen MR) is 73.9 cm³/mol. The fourth-order valence-electron chi connectivity index (χ4n) is 1.70. The molecule has 1 aromatic carbocycles. The van der Waals surface area contributed by atoms with Gasteiger partial charge in [0.2, 0.25) is 0 Å². The molecular weight excluding hydrogens is 258 g/mol. The van der Waals surface area contributed by atoms with Crippen LogP contribution in [-0.4, -0.2) is 28.6 Å². The molecule has 0 atom stereocenters. The van der Waals surface area contributed by atoms with Crippen molar-refractivity contribution in [2.24, 2.45) is 7.05 Å². The first-order chi connectivity index (χ1) is 9.58. The maximum absolute atomic E-state index is 11.7. The van der Waals surface area contributed by atoms with Crippen molar-refractivity contribution in [3.05, 3.63) is 41.6 Å². The monoisotopic (exact) mass is 273 g/mol. The second-order valence-electron chi connectivity index (χ2n) is 4.32. The molecule has 0 saturated carbocycles. The van der Waals surface area contributed by atoms with Gasteiger partial charge in [-0.25, -0.2) is 0 Å². The van der Waals surface area contributed by atoms with E-state index in [1.54, 1.807) is 42.1 Å². The van der Waals surface area contributed by atoms with Crippen LogP contribution in [-0.2, 0) is 11.8 Å². The van der Waals surface area contributed by atoms with E-state index in [2.05, 4.69) is 10.4 Å². The number of anilines is 1. The summed E-state index contributed by atoms with van der Waals surface area (Å²) in [5.41, 5.74) is 1.39. The van der Waals surface area contributed by atoms with Crippen molar-refractivity contribution in [3.8, 4) is 5.75 Å². The Kier molecular flexibility index (Phi) is 4.14. The van der Waals surface area contributed by atoms with Crippen LogP contribution in [0.2, 0.25) is 0 Å². The van der Waals surface area contributed by atoms with Crippen molar-refractivity contribution in [2.75, 3.05) is 11.9 Å². The maximum Gasteiger partial charge on any atom is 0.263 e. The van der Waals surface area contributed by atoms with Crippen LogP contribution in [0.1, 0.15) is 16.1 Å². The van der Waals surface area contributed by atoms with Crippen LogP contribution in [0, 0.1) is 6.92 Å². The van der Waals surface area contributed by atoms with E-state index in [0.29, 0.717) is 17.1 Å². The highest BCUT2D eigenvalue weighted by molar-refractivity contribution is 5.91. The quantitative estimate of drug-likeness (QED) is 0.839. The number of hydrogen-bond donors (Lipinski definition) is 1. The lowest BCUT2D eigenvalue weighted by molar-refractivity contribution is -0.118. The molecule has 1 amide bonds. The lowest BCUT2D eigenvalue weighted by atomic mass is 10.2. The van der Waals surface area contributed by atoms with Gasteiger partial charge in [-0.2, -0.15) is 5.10 Å². The van der Waals surface area contributed by atoms with E-state index < -0.39 is 0 Å². The van der Waals surface area contributed by atoms with Crippen molar-refractivity contribution >= 4 is 18.0 Å². The third kappa shape index (κ3) is 3.44. The summed E-state index contributed by atoms with van der Waals surface area (Å²) in [5.74, 6) is 0.881. The Balaban J connectivity index is 1.88. The fourth-order valence-corrected chi connectivity index (χ4v) is 1.70. The minimum atomic E-state index is -0.271. The molecule has 2 aromatic rings. The number of hydrogen-bond acceptors (Lipinski definition) is 4. The Morgan fingerprint density at radius 2 is 2.10 bits per heavy atom. The molecule has 1 heterocycles. The lowest BCUT2D eigenvalue weighted by Gasteiger charge is -2.07. The fraction of sp³-hybridized carbons (Fsp3) is 0.214. The number of benzene rings is 1. The summed E-state index contributed by atoms with van der Waals surface area (Å²) in [6.07, 6.45) is 0.751. The smallest absolute Gasteiger partial charge is 0.263 e. The second kappa shape index (κ2) is 6.01. The first-order valence-electron chi connectivity index (χ1n) is 6.07. The van der Waals surface area contributed by atoms with E-state index in [1.807, 2.05) is 6.92 Å². The van der Waals surface area contributed by atoms with Crippen LogP contribution in [0.5, 0.6) is 5.75 Å². The van der Waals surface area contributed by atoms with Crippen LogP contribution in [0.3, 0.4) is 0 Å². The van der Waals surface area contributed by atoms with Gasteiger partial charge in [-0.3, -0.25) is 14.3 Å². The Hall–Kier alpha value is -2.63. The van der Waals surface area contributed by atoms with Gasteiger partial charge in [-0.05, 0) is 31.2 Å². The normalized spacial score (nSPS) is 10.1. The topological polar surface area (TPSA) is 73.2 Å². The molecule has 0 radical (unpaired) electrons. The van der Waals surface area contributed by atoms with Gasteiger partial charge >= 0.3 is 0 Å². The highest BCUT2D eigenvalue weighted by atomic mass is 16.5. The zero-order valence-electron chi connectivity index (χ0n) is 11.3. The summed E-state index contributed by atoms with van der Waals surface area (Å²) in [5, 5.41) is 6.83. The number of rotatable bonds is 5. The minimum absolute atomic E-state index is 0.106. The summed E-state index contributed by atoms with van der Waals surface area (Å²) < 4.78 is 6.92. The molecule has 0 unspecified atom stereocenters. The molecule has 1 aromatic heterocycles. The minimum Gasteiger partial charge on any atom is -0.484 e. The van der Waals surface area contributed by atoms with Crippen LogP contribution in [0.25, 0.3) is 0 Å². The number of ether oxygens (including phenoxy) is 1. The molecule has 0 fully saturated rings. The molecule has 104 valence electrons. The summed E-state index contributed by atoms with van der Waals surface area (Å²) in [6, 6.07) is 8.32. The number of nitrogens with one attached hydrogen (secondary N) is 1. The van der Waals surface area contributed by atoms with Crippen molar-refractivity contribution < 1.29 is 14.3 Å². The van der Waals surface area contributed by atoms with Crippen molar-refractivity contribution in [2.45, 2.75) is 6.92 Å². The van der Waals surface area contributed by atoms with Crippen LogP contribution in [0.4, 0.5) is 5.82 Å². The summed E-state index contributed by atoms with van der Waals surface area (Å²) in [4.78, 5) is 22.2. The standard InChI is InChI=1S/C14H15N3O3/c1-10-7-13(17(2)16-10)15-14(19)9-20-12-5-3-11(8-18)4-6-12/h3-8H,9H2,1-2H3,(H,15,19). The number of carbonyl (C=O) groups is 2. The summed E-state index contributed by atoms with van der Waals surface area (Å²) in [7, 11) is 1.75. The summed E-state index contributed by atoms with van der Waals surface area (Å²) in [6.45, 7) is 1.74. The van der Waals surface area contributed by atoms with Gasteiger partial charge in [0.05, 0.1) is 5.69 Å². The molecule has 20 heavy (non-hydrogen) atoms. The highest BCUT2D eigenvalue weighted by Crippen LogP contribution is 2.11. The van der Waals surface area contributed by atoms with Gasteiger partial charge < -0.3 is 10.1 Å². The SMILES string of the molecule is Cc1cc(NC(=O)COc2ccc(C=O)cc2)n(C)n1. The Labute approximate surface area is 116 Å². The number of carbonyl (C=O) groups excluding carboxylic acids is 2. The second-order valence-corrected chi connectivity index (χ2v) is 4.32. The van der Waals surface area contributed by atoms with E-state index in [9.17, 15) is 9.59 Å². The number of amides is 1. The Morgan fingerprint density at radius 3 is 2.65 bits per heavy atom. The van der Waals surface area contributed by atoms with E-state index in [1.165, 1.54) is 0 Å². The third-order valence-corrected chi connectivity index (χ3v) is 2.66. The van der Waals surface area contributed by atoms with Crippen molar-refractivity contribution in [1.29, 1.82) is 0 Å². The number of nitrogens with zero attached hydrogens (tertiary/aromatic N) is 2. The first-order valence-corrected chi connectivity index (χ1v) is 6.07. The molecule has 6 nitrogen and oxygen atoms in total. The summed E-state index contributed by atoms with van der Waals surface area (Å²) >= 11 is 0. The molecule has 0 spiro atoms. The van der Waals surface area contributed by atoms with Crippen LogP contribution >= 0.6 is 0 Å². The van der Waals surface area contributed by atoms with Crippen molar-refractivity contribution in [1.82, 2.24) is 9.78 Å². The van der Waals surface area contributed by atoms with Gasteiger partial charge in [-0.15, -0.1) is 0 Å². The molecule has 0 bridgehead atoms. The third-order valence-electron chi connectivity index (χ3n) is 2.66. The lowest BCUT2D eigenvalue weighted by Crippen LogP contribution is -2.21. The van der Waals surface area contributed by atoms with Gasteiger partial charge in [0, 0.05) is 18.7 Å². The zero-order valence-corrected chi connectivity index (χ0v) is 11.3. The number of aryl methyl sites for hydroxylation is 2. The molecule has 0 aliphatic rings. The predicted octanol–water partition coefficient (Wildman–Crippen LogP) is 1.56. The van der Waals surface area contributed by atoms with E-state index in [0.717, 1.165) is 12.0 Å². The average Bonchev–Trinajstić information content (AvgIpc) is 2.75.